The molecule has 0 spiro atoms. The number of carbonyl (C=O) groups excluding carboxylic acids is 1. The predicted molar refractivity (Wildman–Crippen MR) is 69.2 cm³/mol. The standard InChI is InChI=1S/C14H25NO3/c1-11-4-2-6-13(8-11)18-10-14(17)15-7-3-5-12(16)9-15/h11-13,16H,2-10H2,1H3. The van der Waals surface area contributed by atoms with Gasteiger partial charge in [-0.15, -0.1) is 0 Å². The molecule has 1 N–H and O–H groups in total. The van der Waals surface area contributed by atoms with Crippen molar-refractivity contribution in [1.29, 1.82) is 0 Å². The predicted octanol–water partition coefficient (Wildman–Crippen LogP) is 1.56. The maximum Gasteiger partial charge on any atom is 0.248 e. The lowest BCUT2D eigenvalue weighted by Crippen LogP contribution is -2.44. The summed E-state index contributed by atoms with van der Waals surface area (Å²) in [6.07, 6.45) is 6.27. The highest BCUT2D eigenvalue weighted by molar-refractivity contribution is 5.77. The third-order valence-electron chi connectivity index (χ3n) is 4.08. The van der Waals surface area contributed by atoms with Gasteiger partial charge in [0, 0.05) is 13.1 Å². The molecule has 1 aliphatic carbocycles. The smallest absolute Gasteiger partial charge is 0.248 e. The zero-order valence-corrected chi connectivity index (χ0v) is 11.3. The van der Waals surface area contributed by atoms with Crippen molar-refractivity contribution in [2.45, 2.75) is 57.7 Å². The maximum absolute atomic E-state index is 12.0. The van der Waals surface area contributed by atoms with E-state index in [0.29, 0.717) is 6.54 Å². The van der Waals surface area contributed by atoms with Crippen LogP contribution >= 0.6 is 0 Å². The molecule has 1 aliphatic heterocycles. The molecule has 3 unspecified atom stereocenters. The molecule has 2 aliphatic rings. The largest absolute Gasteiger partial charge is 0.391 e. The summed E-state index contributed by atoms with van der Waals surface area (Å²) in [5, 5.41) is 9.55. The van der Waals surface area contributed by atoms with Gasteiger partial charge in [0.05, 0.1) is 12.2 Å². The van der Waals surface area contributed by atoms with Crippen LogP contribution in [-0.2, 0) is 9.53 Å². The van der Waals surface area contributed by atoms with E-state index in [2.05, 4.69) is 6.92 Å². The molecular weight excluding hydrogens is 230 g/mol. The number of aliphatic hydroxyl groups excluding tert-OH is 1. The second kappa shape index (κ2) is 6.53. The van der Waals surface area contributed by atoms with Crippen molar-refractivity contribution in [3.05, 3.63) is 0 Å². The van der Waals surface area contributed by atoms with Crippen LogP contribution in [0.4, 0.5) is 0 Å². The van der Waals surface area contributed by atoms with Crippen LogP contribution in [-0.4, -0.2) is 47.8 Å². The summed E-state index contributed by atoms with van der Waals surface area (Å²) in [6.45, 7) is 3.67. The van der Waals surface area contributed by atoms with E-state index >= 15 is 0 Å². The minimum absolute atomic E-state index is 0.0342. The highest BCUT2D eigenvalue weighted by atomic mass is 16.5. The van der Waals surface area contributed by atoms with Crippen LogP contribution in [0.25, 0.3) is 0 Å². The molecule has 0 bridgehead atoms. The van der Waals surface area contributed by atoms with Gasteiger partial charge >= 0.3 is 0 Å². The van der Waals surface area contributed by atoms with Crippen LogP contribution in [0, 0.1) is 5.92 Å². The molecule has 0 radical (unpaired) electrons. The van der Waals surface area contributed by atoms with Crippen LogP contribution in [0.2, 0.25) is 0 Å². The van der Waals surface area contributed by atoms with Crippen molar-refractivity contribution in [3.8, 4) is 0 Å². The highest BCUT2D eigenvalue weighted by Gasteiger charge is 2.24. The van der Waals surface area contributed by atoms with Crippen molar-refractivity contribution in [1.82, 2.24) is 4.90 Å². The van der Waals surface area contributed by atoms with E-state index in [1.54, 1.807) is 4.90 Å². The highest BCUT2D eigenvalue weighted by Crippen LogP contribution is 2.25. The van der Waals surface area contributed by atoms with E-state index in [4.69, 9.17) is 4.74 Å². The third-order valence-corrected chi connectivity index (χ3v) is 4.08. The van der Waals surface area contributed by atoms with Crippen LogP contribution in [0.15, 0.2) is 0 Å². The topological polar surface area (TPSA) is 49.8 Å². The van der Waals surface area contributed by atoms with E-state index < -0.39 is 0 Å². The van der Waals surface area contributed by atoms with E-state index in [0.717, 1.165) is 38.1 Å². The molecule has 18 heavy (non-hydrogen) atoms. The number of carbonyl (C=O) groups is 1. The van der Waals surface area contributed by atoms with Crippen molar-refractivity contribution >= 4 is 5.91 Å². The quantitative estimate of drug-likeness (QED) is 0.832. The average Bonchev–Trinajstić information content (AvgIpc) is 2.36. The molecule has 0 aromatic carbocycles. The fourth-order valence-corrected chi connectivity index (χ4v) is 2.99. The van der Waals surface area contributed by atoms with Crippen molar-refractivity contribution < 1.29 is 14.6 Å². The van der Waals surface area contributed by atoms with Gasteiger partial charge in [-0.25, -0.2) is 0 Å². The van der Waals surface area contributed by atoms with Crippen molar-refractivity contribution in [2.24, 2.45) is 5.92 Å². The first-order chi connectivity index (χ1) is 8.65. The number of aliphatic hydroxyl groups is 1. The van der Waals surface area contributed by atoms with Gasteiger partial charge in [-0.2, -0.15) is 0 Å². The molecule has 2 fully saturated rings. The summed E-state index contributed by atoms with van der Waals surface area (Å²) in [6, 6.07) is 0. The Morgan fingerprint density at radius 1 is 1.33 bits per heavy atom. The molecule has 3 atom stereocenters. The maximum atomic E-state index is 12.0. The average molecular weight is 255 g/mol. The van der Waals surface area contributed by atoms with Gasteiger partial charge in [0.1, 0.15) is 6.61 Å². The summed E-state index contributed by atoms with van der Waals surface area (Å²) in [5.41, 5.74) is 0. The monoisotopic (exact) mass is 255 g/mol. The molecule has 1 heterocycles. The first kappa shape index (κ1) is 13.8. The van der Waals surface area contributed by atoms with Gasteiger partial charge in [0.2, 0.25) is 5.91 Å². The zero-order valence-electron chi connectivity index (χ0n) is 11.3. The number of likely N-dealkylation sites (tertiary alicyclic amines) is 1. The lowest BCUT2D eigenvalue weighted by atomic mass is 9.89. The zero-order chi connectivity index (χ0) is 13.0. The molecule has 4 nitrogen and oxygen atoms in total. The first-order valence-electron chi connectivity index (χ1n) is 7.22. The van der Waals surface area contributed by atoms with Gasteiger partial charge in [-0.1, -0.05) is 19.8 Å². The third kappa shape index (κ3) is 3.95. The minimum Gasteiger partial charge on any atom is -0.391 e. The van der Waals surface area contributed by atoms with Crippen LogP contribution < -0.4 is 0 Å². The number of ether oxygens (including phenoxy) is 1. The Labute approximate surface area is 109 Å². The molecule has 2 rings (SSSR count). The number of hydrogen-bond donors (Lipinski definition) is 1. The Kier molecular flexibility index (Phi) is 5.01. The van der Waals surface area contributed by atoms with E-state index in [1.165, 1.54) is 12.8 Å². The molecule has 104 valence electrons. The molecule has 4 heteroatoms. The van der Waals surface area contributed by atoms with Crippen molar-refractivity contribution in [2.75, 3.05) is 19.7 Å². The summed E-state index contributed by atoms with van der Waals surface area (Å²) in [7, 11) is 0. The molecule has 1 saturated heterocycles. The van der Waals surface area contributed by atoms with E-state index in [1.807, 2.05) is 0 Å². The van der Waals surface area contributed by atoms with Crippen LogP contribution in [0.3, 0.4) is 0 Å². The Hall–Kier alpha value is -0.610. The summed E-state index contributed by atoms with van der Waals surface area (Å²) in [4.78, 5) is 13.7. The molecular formula is C14H25NO3. The number of β-amino-alcohol motifs (C(OH)–C–C–N with tert-alkyl or cyclic N) is 1. The normalized spacial score (nSPS) is 33.4. The summed E-state index contributed by atoms with van der Waals surface area (Å²) in [5.74, 6) is 0.752. The number of rotatable bonds is 3. The Morgan fingerprint density at radius 2 is 2.17 bits per heavy atom. The van der Waals surface area contributed by atoms with Gasteiger partial charge < -0.3 is 14.7 Å². The lowest BCUT2D eigenvalue weighted by Gasteiger charge is -2.31. The fraction of sp³-hybridized carbons (Fsp3) is 0.929. The molecule has 1 saturated carbocycles. The van der Waals surface area contributed by atoms with Gasteiger partial charge in [0.25, 0.3) is 0 Å². The SMILES string of the molecule is CC1CCCC(OCC(=O)N2CCCC(O)C2)C1. The van der Waals surface area contributed by atoms with E-state index in [9.17, 15) is 9.90 Å². The second-order valence-electron chi connectivity index (χ2n) is 5.84. The van der Waals surface area contributed by atoms with Crippen molar-refractivity contribution in [3.63, 3.8) is 0 Å². The van der Waals surface area contributed by atoms with Gasteiger partial charge in [-0.05, 0) is 31.6 Å². The van der Waals surface area contributed by atoms with Gasteiger partial charge in [0.15, 0.2) is 0 Å². The van der Waals surface area contributed by atoms with Gasteiger partial charge in [-0.3, -0.25) is 4.79 Å². The summed E-state index contributed by atoms with van der Waals surface area (Å²) < 4.78 is 5.73. The fourth-order valence-electron chi connectivity index (χ4n) is 2.99. The number of amides is 1. The number of nitrogens with zero attached hydrogens (tertiary/aromatic N) is 1. The van der Waals surface area contributed by atoms with E-state index in [-0.39, 0.29) is 24.7 Å². The summed E-state index contributed by atoms with van der Waals surface area (Å²) >= 11 is 0. The Balaban J connectivity index is 1.70. The first-order valence-corrected chi connectivity index (χ1v) is 7.22. The lowest BCUT2D eigenvalue weighted by molar-refractivity contribution is -0.142. The minimum atomic E-state index is -0.350. The number of piperidine rings is 1. The van der Waals surface area contributed by atoms with Crippen LogP contribution in [0.5, 0.6) is 0 Å². The Morgan fingerprint density at radius 3 is 2.89 bits per heavy atom. The molecule has 0 aromatic heterocycles. The van der Waals surface area contributed by atoms with Crippen LogP contribution in [0.1, 0.15) is 45.4 Å². The Bertz CT molecular complexity index is 282. The molecule has 0 aromatic rings. The molecule has 1 amide bonds. The second-order valence-corrected chi connectivity index (χ2v) is 5.84. The number of hydrogen-bond acceptors (Lipinski definition) is 3.